The van der Waals surface area contributed by atoms with Crippen LogP contribution in [-0.2, 0) is 10.3 Å². The van der Waals surface area contributed by atoms with Crippen molar-refractivity contribution >= 4 is 5.91 Å². The van der Waals surface area contributed by atoms with E-state index in [4.69, 9.17) is 4.74 Å². The Hall–Kier alpha value is -1.60. The number of hydrogen-bond acceptors (Lipinski definition) is 3. The van der Waals surface area contributed by atoms with Crippen LogP contribution in [0.1, 0.15) is 35.7 Å². The summed E-state index contributed by atoms with van der Waals surface area (Å²) in [5.41, 5.74) is -2.94. The number of hydrogen-bond donors (Lipinski definition) is 1. The summed E-state index contributed by atoms with van der Waals surface area (Å²) in [5, 5.41) is 9.64. The number of likely N-dealkylation sites (tertiary alicyclic amines) is 1. The molecule has 1 unspecified atom stereocenters. The molecule has 128 valence electrons. The third-order valence-corrected chi connectivity index (χ3v) is 4.24. The Balaban J connectivity index is 2.18. The smallest absolute Gasteiger partial charge is 0.383 e. The fourth-order valence-electron chi connectivity index (χ4n) is 2.74. The Morgan fingerprint density at radius 2 is 1.96 bits per heavy atom. The van der Waals surface area contributed by atoms with Crippen LogP contribution < -0.4 is 0 Å². The van der Waals surface area contributed by atoms with Crippen molar-refractivity contribution in [1.29, 1.82) is 0 Å². The maximum Gasteiger partial charge on any atom is 0.421 e. The van der Waals surface area contributed by atoms with Gasteiger partial charge in [0.25, 0.3) is 5.91 Å². The average molecular weight is 331 g/mol. The summed E-state index contributed by atoms with van der Waals surface area (Å²) < 4.78 is 43.6. The zero-order valence-electron chi connectivity index (χ0n) is 13.1. The Labute approximate surface area is 132 Å². The number of nitrogens with zero attached hydrogens (tertiary/aromatic N) is 1. The van der Waals surface area contributed by atoms with Crippen LogP contribution >= 0.6 is 0 Å². The van der Waals surface area contributed by atoms with E-state index in [0.29, 0.717) is 25.6 Å². The number of aliphatic hydroxyl groups is 1. The van der Waals surface area contributed by atoms with Gasteiger partial charge in [0.2, 0.25) is 0 Å². The number of carbonyl (C=O) groups is 1. The number of alkyl halides is 3. The number of methoxy groups -OCH3 is 1. The van der Waals surface area contributed by atoms with Gasteiger partial charge in [0.05, 0.1) is 12.6 Å². The number of rotatable bonds is 4. The maximum absolute atomic E-state index is 12.8. The molecule has 1 N–H and O–H groups in total. The molecule has 1 aliphatic heterocycles. The lowest BCUT2D eigenvalue weighted by atomic mass is 9.94. The summed E-state index contributed by atoms with van der Waals surface area (Å²) in [6.45, 7) is 1.74. The molecule has 0 spiro atoms. The summed E-state index contributed by atoms with van der Waals surface area (Å²) in [6.07, 6.45) is -3.06. The lowest BCUT2D eigenvalue weighted by Crippen LogP contribution is -2.39. The first-order chi connectivity index (χ1) is 10.7. The normalized spacial score (nSPS) is 21.3. The molecule has 7 heteroatoms. The molecule has 1 aliphatic rings. The van der Waals surface area contributed by atoms with Crippen LogP contribution in [0.5, 0.6) is 0 Å². The molecule has 0 saturated carbocycles. The minimum absolute atomic E-state index is 0.00883. The molecule has 0 radical (unpaired) electrons. The van der Waals surface area contributed by atoms with Gasteiger partial charge in [-0.1, -0.05) is 12.1 Å². The van der Waals surface area contributed by atoms with Gasteiger partial charge in [0.15, 0.2) is 5.60 Å². The zero-order chi connectivity index (χ0) is 17.3. The van der Waals surface area contributed by atoms with E-state index < -0.39 is 11.8 Å². The molecule has 1 amide bonds. The number of ether oxygens (including phenoxy) is 1. The maximum atomic E-state index is 12.8. The van der Waals surface area contributed by atoms with Crippen molar-refractivity contribution in [2.45, 2.75) is 37.6 Å². The zero-order valence-corrected chi connectivity index (χ0v) is 13.1. The Morgan fingerprint density at radius 1 is 1.35 bits per heavy atom. The van der Waals surface area contributed by atoms with Crippen LogP contribution in [0.25, 0.3) is 0 Å². The van der Waals surface area contributed by atoms with Crippen molar-refractivity contribution in [3.05, 3.63) is 35.4 Å². The van der Waals surface area contributed by atoms with E-state index in [1.54, 1.807) is 12.0 Å². The van der Waals surface area contributed by atoms with Crippen molar-refractivity contribution < 1.29 is 27.8 Å². The van der Waals surface area contributed by atoms with Crippen LogP contribution in [0.4, 0.5) is 13.2 Å². The number of halogens is 3. The quantitative estimate of drug-likeness (QED) is 0.923. The Bertz CT molecular complexity index is 555. The van der Waals surface area contributed by atoms with E-state index in [9.17, 15) is 23.1 Å². The van der Waals surface area contributed by atoms with Crippen LogP contribution in [0.2, 0.25) is 0 Å². The first kappa shape index (κ1) is 17.7. The lowest BCUT2D eigenvalue weighted by Gasteiger charge is -2.27. The first-order valence-corrected chi connectivity index (χ1v) is 7.38. The predicted octanol–water partition coefficient (Wildman–Crippen LogP) is 2.71. The van der Waals surface area contributed by atoms with Crippen molar-refractivity contribution in [2.75, 3.05) is 20.3 Å². The number of carbonyl (C=O) groups excluding carboxylic acids is 1. The van der Waals surface area contributed by atoms with E-state index in [0.717, 1.165) is 25.0 Å². The minimum Gasteiger partial charge on any atom is -0.383 e. The Kier molecular flexibility index (Phi) is 5.01. The summed E-state index contributed by atoms with van der Waals surface area (Å²) >= 11 is 0. The molecular weight excluding hydrogens is 311 g/mol. The molecule has 1 saturated heterocycles. The van der Waals surface area contributed by atoms with Crippen molar-refractivity contribution in [3.63, 3.8) is 0 Å². The molecular formula is C16H20F3NO3. The van der Waals surface area contributed by atoms with Gasteiger partial charge >= 0.3 is 6.18 Å². The highest BCUT2D eigenvalue weighted by molar-refractivity contribution is 5.94. The van der Waals surface area contributed by atoms with E-state index in [2.05, 4.69) is 0 Å². The highest BCUT2D eigenvalue weighted by atomic mass is 19.4. The molecule has 4 nitrogen and oxygen atoms in total. The van der Waals surface area contributed by atoms with Crippen LogP contribution in [0, 0.1) is 0 Å². The highest BCUT2D eigenvalue weighted by Crippen LogP contribution is 2.38. The molecule has 23 heavy (non-hydrogen) atoms. The Morgan fingerprint density at radius 3 is 2.48 bits per heavy atom. The number of benzene rings is 1. The molecule has 2 rings (SSSR count). The van der Waals surface area contributed by atoms with Crippen molar-refractivity contribution in [3.8, 4) is 0 Å². The van der Waals surface area contributed by atoms with Gasteiger partial charge in [-0.05, 0) is 37.5 Å². The third kappa shape index (κ3) is 3.50. The second-order valence-electron chi connectivity index (χ2n) is 5.90. The summed E-state index contributed by atoms with van der Waals surface area (Å²) in [4.78, 5) is 14.2. The second kappa shape index (κ2) is 6.49. The minimum atomic E-state index is -4.78. The van der Waals surface area contributed by atoms with E-state index in [-0.39, 0.29) is 17.5 Å². The van der Waals surface area contributed by atoms with E-state index >= 15 is 0 Å². The van der Waals surface area contributed by atoms with Gasteiger partial charge < -0.3 is 14.7 Å². The molecule has 1 aromatic carbocycles. The monoisotopic (exact) mass is 331 g/mol. The standard InChI is InChI=1S/C16H20F3NO3/c1-15(22,16(17,18)19)12-7-5-11(6-8-12)14(21)20-9-3-4-13(20)10-23-2/h5-8,13,22H,3-4,9-10H2,1-2H3/t13-,15?/m0/s1. The summed E-state index contributed by atoms with van der Waals surface area (Å²) in [7, 11) is 1.56. The molecule has 1 heterocycles. The second-order valence-corrected chi connectivity index (χ2v) is 5.90. The molecule has 2 atom stereocenters. The topological polar surface area (TPSA) is 49.8 Å². The molecule has 0 aliphatic carbocycles. The van der Waals surface area contributed by atoms with Gasteiger partial charge in [-0.3, -0.25) is 4.79 Å². The van der Waals surface area contributed by atoms with Gasteiger partial charge in [0, 0.05) is 19.2 Å². The first-order valence-electron chi connectivity index (χ1n) is 7.38. The van der Waals surface area contributed by atoms with Crippen molar-refractivity contribution in [1.82, 2.24) is 4.90 Å². The lowest BCUT2D eigenvalue weighted by molar-refractivity contribution is -0.258. The van der Waals surface area contributed by atoms with Gasteiger partial charge in [0.1, 0.15) is 0 Å². The van der Waals surface area contributed by atoms with E-state index in [1.165, 1.54) is 12.1 Å². The van der Waals surface area contributed by atoms with Gasteiger partial charge in [-0.25, -0.2) is 0 Å². The molecule has 1 fully saturated rings. The molecule has 0 bridgehead atoms. The highest BCUT2D eigenvalue weighted by Gasteiger charge is 2.51. The van der Waals surface area contributed by atoms with Crippen molar-refractivity contribution in [2.24, 2.45) is 0 Å². The fourth-order valence-corrected chi connectivity index (χ4v) is 2.74. The fraction of sp³-hybridized carbons (Fsp3) is 0.562. The SMILES string of the molecule is COC[C@@H]1CCCN1C(=O)c1ccc(C(C)(O)C(F)(F)F)cc1. The summed E-state index contributed by atoms with van der Waals surface area (Å²) in [6, 6.07) is 4.91. The largest absolute Gasteiger partial charge is 0.421 e. The molecule has 1 aromatic rings. The van der Waals surface area contributed by atoms with Gasteiger partial charge in [-0.2, -0.15) is 13.2 Å². The predicted molar refractivity (Wildman–Crippen MR) is 78.0 cm³/mol. The average Bonchev–Trinajstić information content (AvgIpc) is 2.94. The van der Waals surface area contributed by atoms with E-state index in [1.807, 2.05) is 0 Å². The van der Waals surface area contributed by atoms with Crippen LogP contribution in [-0.4, -0.2) is 48.4 Å². The van der Waals surface area contributed by atoms with Crippen LogP contribution in [0.3, 0.4) is 0 Å². The van der Waals surface area contributed by atoms with Gasteiger partial charge in [-0.15, -0.1) is 0 Å². The molecule has 0 aromatic heterocycles. The van der Waals surface area contributed by atoms with Crippen LogP contribution in [0.15, 0.2) is 24.3 Å². The summed E-state index contributed by atoms with van der Waals surface area (Å²) in [5.74, 6) is -0.234. The third-order valence-electron chi connectivity index (χ3n) is 4.24. The number of amides is 1.